The average molecular weight is 444 g/mol. The van der Waals surface area contributed by atoms with Gasteiger partial charge in [-0.15, -0.1) is 0 Å². The fourth-order valence-electron chi connectivity index (χ4n) is 4.27. The van der Waals surface area contributed by atoms with Gasteiger partial charge in [0.05, 0.1) is 37.4 Å². The molecule has 33 heavy (non-hydrogen) atoms. The van der Waals surface area contributed by atoms with Crippen LogP contribution in [0.4, 0.5) is 5.69 Å². The zero-order valence-electron chi connectivity index (χ0n) is 18.6. The van der Waals surface area contributed by atoms with E-state index in [1.165, 1.54) is 7.11 Å². The molecule has 1 aliphatic rings. The third-order valence-electron chi connectivity index (χ3n) is 5.91. The Bertz CT molecular complexity index is 1210. The normalized spacial score (nSPS) is 17.2. The van der Waals surface area contributed by atoms with Crippen LogP contribution in [0.5, 0.6) is 5.75 Å². The van der Waals surface area contributed by atoms with Gasteiger partial charge in [0.15, 0.2) is 0 Å². The number of carbonyl (C=O) groups excluding carboxylic acids is 3. The van der Waals surface area contributed by atoms with Gasteiger partial charge in [-0.2, -0.15) is 0 Å². The first-order chi connectivity index (χ1) is 16.0. The summed E-state index contributed by atoms with van der Waals surface area (Å²) >= 11 is 0. The fraction of sp³-hybridized carbons (Fsp3) is 0.192. The Hall–Kier alpha value is -4.13. The highest BCUT2D eigenvalue weighted by atomic mass is 16.5. The number of hydrogen-bond donors (Lipinski definition) is 1. The van der Waals surface area contributed by atoms with Crippen LogP contribution in [0.25, 0.3) is 0 Å². The number of ether oxygens (including phenoxy) is 2. The van der Waals surface area contributed by atoms with Crippen molar-refractivity contribution in [3.63, 3.8) is 0 Å². The van der Waals surface area contributed by atoms with Crippen molar-refractivity contribution in [1.82, 2.24) is 4.90 Å². The van der Waals surface area contributed by atoms with E-state index < -0.39 is 17.9 Å². The minimum Gasteiger partial charge on any atom is -0.497 e. The number of para-hydroxylation sites is 1. The second-order valence-corrected chi connectivity index (χ2v) is 7.73. The van der Waals surface area contributed by atoms with Gasteiger partial charge in [-0.3, -0.25) is 9.59 Å². The second kappa shape index (κ2) is 9.16. The SMILES string of the molecule is COC(=O)c1ccccc1NC(=O)C1c2ccccc2C(=O)N(C)C1c1ccc(OC)cc1. The highest BCUT2D eigenvalue weighted by Gasteiger charge is 2.42. The van der Waals surface area contributed by atoms with Crippen LogP contribution < -0.4 is 10.1 Å². The summed E-state index contributed by atoms with van der Waals surface area (Å²) in [7, 11) is 4.56. The van der Waals surface area contributed by atoms with E-state index in [2.05, 4.69) is 5.32 Å². The Labute approximate surface area is 191 Å². The van der Waals surface area contributed by atoms with Crippen LogP contribution in [-0.4, -0.2) is 44.0 Å². The highest BCUT2D eigenvalue weighted by Crippen LogP contribution is 2.43. The molecule has 7 nitrogen and oxygen atoms in total. The van der Waals surface area contributed by atoms with Crippen molar-refractivity contribution in [3.8, 4) is 5.75 Å². The van der Waals surface area contributed by atoms with Crippen molar-refractivity contribution in [2.75, 3.05) is 26.6 Å². The van der Waals surface area contributed by atoms with Crippen LogP contribution in [0.3, 0.4) is 0 Å². The van der Waals surface area contributed by atoms with Crippen LogP contribution in [0.1, 0.15) is 43.8 Å². The van der Waals surface area contributed by atoms with E-state index in [0.29, 0.717) is 22.6 Å². The van der Waals surface area contributed by atoms with E-state index >= 15 is 0 Å². The van der Waals surface area contributed by atoms with E-state index in [1.54, 1.807) is 73.7 Å². The van der Waals surface area contributed by atoms with Gasteiger partial charge in [-0.05, 0) is 41.5 Å². The molecule has 1 aliphatic heterocycles. The molecule has 2 amide bonds. The van der Waals surface area contributed by atoms with Gasteiger partial charge in [-0.1, -0.05) is 42.5 Å². The number of anilines is 1. The Morgan fingerprint density at radius 1 is 0.909 bits per heavy atom. The number of nitrogens with zero attached hydrogens (tertiary/aromatic N) is 1. The molecule has 2 unspecified atom stereocenters. The van der Waals surface area contributed by atoms with Crippen molar-refractivity contribution < 1.29 is 23.9 Å². The number of hydrogen-bond acceptors (Lipinski definition) is 5. The van der Waals surface area contributed by atoms with E-state index in [4.69, 9.17) is 9.47 Å². The maximum atomic E-state index is 13.7. The molecule has 2 atom stereocenters. The number of fused-ring (bicyclic) bond motifs is 1. The van der Waals surface area contributed by atoms with E-state index in [0.717, 1.165) is 5.56 Å². The second-order valence-electron chi connectivity index (χ2n) is 7.73. The first-order valence-corrected chi connectivity index (χ1v) is 10.4. The molecule has 0 aromatic heterocycles. The fourth-order valence-corrected chi connectivity index (χ4v) is 4.27. The molecule has 3 aromatic carbocycles. The van der Waals surface area contributed by atoms with E-state index in [9.17, 15) is 14.4 Å². The summed E-state index contributed by atoms with van der Waals surface area (Å²) in [6.45, 7) is 0. The van der Waals surface area contributed by atoms with Crippen molar-refractivity contribution in [3.05, 3.63) is 95.1 Å². The van der Waals surface area contributed by atoms with Gasteiger partial charge in [-0.25, -0.2) is 4.79 Å². The number of likely N-dealkylation sites (N-methyl/N-ethyl adjacent to an activating group) is 1. The Kier molecular flexibility index (Phi) is 6.13. The van der Waals surface area contributed by atoms with E-state index in [1.807, 2.05) is 18.2 Å². The molecule has 168 valence electrons. The minimum atomic E-state index is -0.706. The molecule has 0 radical (unpaired) electrons. The molecule has 0 aliphatic carbocycles. The molecule has 3 aromatic rings. The van der Waals surface area contributed by atoms with Gasteiger partial charge < -0.3 is 19.7 Å². The number of nitrogens with one attached hydrogen (secondary N) is 1. The van der Waals surface area contributed by atoms with Gasteiger partial charge in [0.1, 0.15) is 5.75 Å². The molecule has 0 bridgehead atoms. The van der Waals surface area contributed by atoms with Crippen LogP contribution in [0, 0.1) is 0 Å². The summed E-state index contributed by atoms with van der Waals surface area (Å²) in [5, 5.41) is 2.89. The van der Waals surface area contributed by atoms with E-state index in [-0.39, 0.29) is 17.4 Å². The van der Waals surface area contributed by atoms with Gasteiger partial charge in [0.2, 0.25) is 5.91 Å². The molecule has 0 saturated heterocycles. The van der Waals surface area contributed by atoms with Crippen LogP contribution in [0.2, 0.25) is 0 Å². The predicted octanol–water partition coefficient (Wildman–Crippen LogP) is 4.03. The molecule has 0 fully saturated rings. The number of amides is 2. The zero-order valence-corrected chi connectivity index (χ0v) is 18.6. The van der Waals surface area contributed by atoms with Crippen molar-refractivity contribution in [1.29, 1.82) is 0 Å². The summed E-state index contributed by atoms with van der Waals surface area (Å²) in [6.07, 6.45) is 0. The third kappa shape index (κ3) is 4.05. The maximum Gasteiger partial charge on any atom is 0.339 e. The summed E-state index contributed by atoms with van der Waals surface area (Å²) < 4.78 is 10.1. The summed E-state index contributed by atoms with van der Waals surface area (Å²) in [5.74, 6) is -1.07. The van der Waals surface area contributed by atoms with Gasteiger partial charge >= 0.3 is 5.97 Å². The number of esters is 1. The zero-order chi connectivity index (χ0) is 23.5. The molecule has 7 heteroatoms. The highest BCUT2D eigenvalue weighted by molar-refractivity contribution is 6.06. The first kappa shape index (κ1) is 22.1. The molecular formula is C26H24N2O5. The standard InChI is InChI=1S/C26H24N2O5/c1-28-23(16-12-14-17(32-2)15-13-16)22(18-8-4-5-9-19(18)25(28)30)24(29)27-21-11-7-6-10-20(21)26(31)33-3/h4-15,22-23H,1-3H3,(H,27,29). The lowest BCUT2D eigenvalue weighted by Gasteiger charge is -2.39. The van der Waals surface area contributed by atoms with Crippen LogP contribution in [-0.2, 0) is 9.53 Å². The lowest BCUT2D eigenvalue weighted by atomic mass is 9.79. The number of carbonyl (C=O) groups is 3. The van der Waals surface area contributed by atoms with Crippen LogP contribution >= 0.6 is 0 Å². The monoisotopic (exact) mass is 444 g/mol. The van der Waals surface area contributed by atoms with Gasteiger partial charge in [0, 0.05) is 12.6 Å². The third-order valence-corrected chi connectivity index (χ3v) is 5.91. The Morgan fingerprint density at radius 2 is 1.58 bits per heavy atom. The first-order valence-electron chi connectivity index (χ1n) is 10.4. The molecule has 0 saturated carbocycles. The molecule has 4 rings (SSSR count). The molecular weight excluding hydrogens is 420 g/mol. The van der Waals surface area contributed by atoms with Crippen molar-refractivity contribution in [2.24, 2.45) is 0 Å². The quantitative estimate of drug-likeness (QED) is 0.601. The molecule has 1 heterocycles. The predicted molar refractivity (Wildman–Crippen MR) is 123 cm³/mol. The maximum absolute atomic E-state index is 13.7. The Morgan fingerprint density at radius 3 is 2.27 bits per heavy atom. The molecule has 0 spiro atoms. The molecule has 1 N–H and O–H groups in total. The van der Waals surface area contributed by atoms with Crippen molar-refractivity contribution >= 4 is 23.5 Å². The lowest BCUT2D eigenvalue weighted by Crippen LogP contribution is -2.44. The smallest absolute Gasteiger partial charge is 0.339 e. The lowest BCUT2D eigenvalue weighted by molar-refractivity contribution is -0.119. The summed E-state index contributed by atoms with van der Waals surface area (Å²) in [4.78, 5) is 40.6. The van der Waals surface area contributed by atoms with Gasteiger partial charge in [0.25, 0.3) is 5.91 Å². The number of methoxy groups -OCH3 is 2. The van der Waals surface area contributed by atoms with Crippen LogP contribution in [0.15, 0.2) is 72.8 Å². The Balaban J connectivity index is 1.80. The average Bonchev–Trinajstić information content (AvgIpc) is 2.86. The number of rotatable bonds is 5. The number of benzene rings is 3. The largest absolute Gasteiger partial charge is 0.497 e. The minimum absolute atomic E-state index is 0.162. The summed E-state index contributed by atoms with van der Waals surface area (Å²) in [5.41, 5.74) is 2.51. The topological polar surface area (TPSA) is 84.9 Å². The van der Waals surface area contributed by atoms with Crippen molar-refractivity contribution in [2.45, 2.75) is 12.0 Å². The summed E-state index contributed by atoms with van der Waals surface area (Å²) in [6, 6.07) is 20.5.